The zero-order valence-electron chi connectivity index (χ0n) is 30.7. The minimum Gasteiger partial charge on any atom is -0.462 e. The molecule has 2 aliphatic heterocycles. The van der Waals surface area contributed by atoms with Gasteiger partial charge in [0.2, 0.25) is 0 Å². The van der Waals surface area contributed by atoms with Gasteiger partial charge in [-0.15, -0.1) is 0 Å². The number of rotatable bonds is 8. The molecule has 0 unspecified atom stereocenters. The number of nitrogens with two attached hydrogens (primary N) is 2. The van der Waals surface area contributed by atoms with E-state index in [9.17, 15) is 26.3 Å². The fraction of sp³-hybridized carbons (Fsp3) is 0.381. The molecule has 4 aromatic rings. The normalized spacial score (nSPS) is 29.7. The molecule has 6 N–H and O–H groups in total. The molecule has 0 aromatic heterocycles. The SMILES string of the molecule is NC1=N[C@@](c2cc(N[C@@H]3CCc4cc(Br)ccc43)ccc2F)(C(F)F)[C@H]2C[C@H]2O1.NC1=N[C@@](c2cc(N[C@H]3CCc4cc(Br)ccc43)ccc2F)(C(F)F)[C@H]2C[C@H]2O1. The molecule has 0 radical (unpaired) electrons. The molecular weight excluding hydrogens is 894 g/mol. The van der Waals surface area contributed by atoms with Gasteiger partial charge in [-0.25, -0.2) is 36.3 Å². The lowest BCUT2D eigenvalue weighted by atomic mass is 9.84. The summed E-state index contributed by atoms with van der Waals surface area (Å²) in [5.41, 5.74) is 13.0. The number of nitrogens with one attached hydrogen (secondary N) is 2. The second kappa shape index (κ2) is 14.7. The van der Waals surface area contributed by atoms with Crippen LogP contribution in [0.4, 0.5) is 37.7 Å². The van der Waals surface area contributed by atoms with Crippen LogP contribution in [-0.2, 0) is 33.4 Å². The van der Waals surface area contributed by atoms with E-state index in [1.807, 2.05) is 24.3 Å². The van der Waals surface area contributed by atoms with Crippen LogP contribution in [0.25, 0.3) is 0 Å². The van der Waals surface area contributed by atoms with Crippen LogP contribution in [0, 0.1) is 23.5 Å². The summed E-state index contributed by atoms with van der Waals surface area (Å²) in [5, 5.41) is 6.76. The third-order valence-electron chi connectivity index (χ3n) is 12.2. The third-order valence-corrected chi connectivity index (χ3v) is 13.2. The lowest BCUT2D eigenvalue weighted by Gasteiger charge is -2.33. The lowest BCUT2D eigenvalue weighted by Crippen LogP contribution is -2.43. The Morgan fingerprint density at radius 2 is 1.03 bits per heavy atom. The van der Waals surface area contributed by atoms with Crippen molar-refractivity contribution in [3.05, 3.63) is 127 Å². The highest BCUT2D eigenvalue weighted by Crippen LogP contribution is 2.58. The number of halogens is 8. The van der Waals surface area contributed by atoms with Crippen molar-refractivity contribution < 1.29 is 35.8 Å². The van der Waals surface area contributed by atoms with Gasteiger partial charge >= 0.3 is 0 Å². The molecule has 8 atom stereocenters. The molecule has 0 bridgehead atoms. The summed E-state index contributed by atoms with van der Waals surface area (Å²) in [7, 11) is 0. The monoisotopic (exact) mass is 930 g/mol. The maximum absolute atomic E-state index is 14.8. The van der Waals surface area contributed by atoms with Crippen LogP contribution in [0.1, 0.15) is 71.1 Å². The Morgan fingerprint density at radius 1 is 0.621 bits per heavy atom. The van der Waals surface area contributed by atoms with Crippen molar-refractivity contribution in [1.82, 2.24) is 0 Å². The number of benzene rings is 4. The van der Waals surface area contributed by atoms with Crippen LogP contribution < -0.4 is 22.1 Å². The highest BCUT2D eigenvalue weighted by Gasteiger charge is 2.65. The smallest absolute Gasteiger partial charge is 0.283 e. The van der Waals surface area contributed by atoms with Crippen LogP contribution in [-0.4, -0.2) is 37.1 Å². The molecule has 2 heterocycles. The summed E-state index contributed by atoms with van der Waals surface area (Å²) in [6, 6.07) is 20.2. The molecule has 2 saturated carbocycles. The van der Waals surface area contributed by atoms with E-state index in [1.54, 1.807) is 12.1 Å². The Hall–Kier alpha value is -4.44. The summed E-state index contributed by atoms with van der Waals surface area (Å²) >= 11 is 6.96. The number of fused-ring (bicyclic) bond motifs is 4. The highest BCUT2D eigenvalue weighted by atomic mass is 79.9. The number of hydrogen-bond acceptors (Lipinski definition) is 8. The van der Waals surface area contributed by atoms with E-state index >= 15 is 0 Å². The molecule has 8 nitrogen and oxygen atoms in total. The predicted molar refractivity (Wildman–Crippen MR) is 215 cm³/mol. The molecule has 58 heavy (non-hydrogen) atoms. The third kappa shape index (κ3) is 6.77. The van der Waals surface area contributed by atoms with Crippen molar-refractivity contribution in [3.8, 4) is 0 Å². The second-order valence-corrected chi connectivity index (χ2v) is 17.5. The van der Waals surface area contributed by atoms with Crippen molar-refractivity contribution in [3.63, 3.8) is 0 Å². The number of aryl methyl sites for hydroxylation is 2. The van der Waals surface area contributed by atoms with Crippen molar-refractivity contribution in [1.29, 1.82) is 0 Å². The molecule has 0 amide bonds. The first kappa shape index (κ1) is 39.0. The average molecular weight is 933 g/mol. The number of ether oxygens (including phenoxy) is 2. The Bertz CT molecular complexity index is 2190. The Balaban J connectivity index is 0.000000150. The molecule has 0 spiro atoms. The zero-order valence-corrected chi connectivity index (χ0v) is 33.9. The van der Waals surface area contributed by atoms with Gasteiger partial charge in [-0.1, -0.05) is 44.0 Å². The summed E-state index contributed by atoms with van der Waals surface area (Å²) in [6.07, 6.45) is -2.29. The molecule has 10 rings (SSSR count). The molecular formula is C42H38Br2F6N6O2. The Morgan fingerprint density at radius 3 is 1.43 bits per heavy atom. The first-order valence-electron chi connectivity index (χ1n) is 19.1. The van der Waals surface area contributed by atoms with Crippen molar-refractivity contribution in [2.45, 2.75) is 86.7 Å². The number of anilines is 2. The van der Waals surface area contributed by atoms with E-state index < -0.39 is 59.6 Å². The van der Waals surface area contributed by atoms with Gasteiger partial charge in [0.05, 0.1) is 12.1 Å². The van der Waals surface area contributed by atoms with Crippen molar-refractivity contribution >= 4 is 55.3 Å². The first-order valence-corrected chi connectivity index (χ1v) is 20.7. The van der Waals surface area contributed by atoms with E-state index in [2.05, 4.69) is 64.6 Å². The van der Waals surface area contributed by atoms with Gasteiger partial charge < -0.3 is 31.6 Å². The summed E-state index contributed by atoms with van der Waals surface area (Å²) in [4.78, 5) is 7.87. The topological polar surface area (TPSA) is 119 Å². The van der Waals surface area contributed by atoms with E-state index in [-0.39, 0.29) is 35.3 Å². The van der Waals surface area contributed by atoms with E-state index in [0.29, 0.717) is 24.2 Å². The van der Waals surface area contributed by atoms with Crippen LogP contribution in [0.5, 0.6) is 0 Å². The Labute approximate surface area is 347 Å². The molecule has 4 aromatic carbocycles. The van der Waals surface area contributed by atoms with Gasteiger partial charge in [-0.2, -0.15) is 0 Å². The van der Waals surface area contributed by atoms with Gasteiger partial charge in [0, 0.05) is 43.3 Å². The van der Waals surface area contributed by atoms with E-state index in [0.717, 1.165) is 34.6 Å². The molecule has 2 fully saturated rings. The highest BCUT2D eigenvalue weighted by molar-refractivity contribution is 9.10. The average Bonchev–Trinajstić information content (AvgIpc) is 4.07. The minimum absolute atomic E-state index is 0.0378. The van der Waals surface area contributed by atoms with Gasteiger partial charge in [0.15, 0.2) is 11.1 Å². The van der Waals surface area contributed by atoms with Crippen LogP contribution in [0.15, 0.2) is 91.7 Å². The van der Waals surface area contributed by atoms with E-state index in [1.165, 1.54) is 46.5 Å². The maximum Gasteiger partial charge on any atom is 0.283 e. The van der Waals surface area contributed by atoms with Gasteiger partial charge in [0.25, 0.3) is 24.9 Å². The van der Waals surface area contributed by atoms with Gasteiger partial charge in [0.1, 0.15) is 23.8 Å². The largest absolute Gasteiger partial charge is 0.462 e. The first-order chi connectivity index (χ1) is 27.8. The number of aliphatic imine (C=N–C) groups is 2. The van der Waals surface area contributed by atoms with Gasteiger partial charge in [-0.3, -0.25) is 0 Å². The second-order valence-electron chi connectivity index (χ2n) is 15.7. The van der Waals surface area contributed by atoms with Gasteiger partial charge in [-0.05, 0) is 121 Å². The molecule has 6 aliphatic rings. The van der Waals surface area contributed by atoms with Crippen LogP contribution >= 0.6 is 31.9 Å². The zero-order chi connectivity index (χ0) is 40.7. The number of amidine groups is 2. The fourth-order valence-corrected chi connectivity index (χ4v) is 10.1. The lowest BCUT2D eigenvalue weighted by molar-refractivity contribution is 0.0176. The van der Waals surface area contributed by atoms with E-state index in [4.69, 9.17) is 20.9 Å². The predicted octanol–water partition coefficient (Wildman–Crippen LogP) is 9.76. The minimum atomic E-state index is -2.89. The quantitative estimate of drug-likeness (QED) is 0.131. The van der Waals surface area contributed by atoms with Crippen molar-refractivity contribution in [2.24, 2.45) is 33.3 Å². The molecule has 304 valence electrons. The summed E-state index contributed by atoms with van der Waals surface area (Å²) in [6.45, 7) is 0. The summed E-state index contributed by atoms with van der Waals surface area (Å²) < 4.78 is 99.1. The molecule has 16 heteroatoms. The molecule has 0 saturated heterocycles. The fourth-order valence-electron chi connectivity index (χ4n) is 9.32. The summed E-state index contributed by atoms with van der Waals surface area (Å²) in [5.74, 6) is -2.58. The van der Waals surface area contributed by atoms with Crippen LogP contribution in [0.2, 0.25) is 0 Å². The number of hydrogen-bond donors (Lipinski definition) is 4. The standard InChI is InChI=1S/2C21H19BrF3N3O/c2*22-11-2-4-13-10(7-11)1-6-17(13)27-12-3-5-16(23)14(8-12)21(19(24)25)15-9-18(15)29-20(26)28-21/h2*2-5,7-8,15,17-19,27H,1,6,9H2,(H2,26,28)/t15-,17+,18+,21+;15-,17-,18+,21+/m00/s1. The number of alkyl halides is 4. The molecule has 4 aliphatic carbocycles. The van der Waals surface area contributed by atoms with Crippen LogP contribution in [0.3, 0.4) is 0 Å². The maximum atomic E-state index is 14.8. The Kier molecular flexibility index (Phi) is 9.88. The number of nitrogens with zero attached hydrogens (tertiary/aromatic N) is 2. The van der Waals surface area contributed by atoms with Crippen molar-refractivity contribution in [2.75, 3.05) is 10.6 Å².